The summed E-state index contributed by atoms with van der Waals surface area (Å²) in [7, 11) is -2.72. The van der Waals surface area contributed by atoms with Gasteiger partial charge in [0.1, 0.15) is 5.82 Å². The molecular weight excluding hydrogens is 390 g/mol. The van der Waals surface area contributed by atoms with E-state index in [0.29, 0.717) is 0 Å². The highest BCUT2D eigenvalue weighted by Gasteiger charge is 2.35. The van der Waals surface area contributed by atoms with E-state index in [2.05, 4.69) is 9.71 Å². The number of sulfonamides is 1. The molecule has 27 heavy (non-hydrogen) atoms. The first-order valence-electron chi connectivity index (χ1n) is 7.74. The quantitative estimate of drug-likeness (QED) is 0.774. The number of hydrogen-bond donors (Lipinski definition) is 1. The highest BCUT2D eigenvalue weighted by Crippen LogP contribution is 2.31. The third kappa shape index (κ3) is 4.14. The summed E-state index contributed by atoms with van der Waals surface area (Å²) in [5.41, 5.74) is -0.828. The van der Waals surface area contributed by atoms with Crippen molar-refractivity contribution in [2.45, 2.75) is 17.1 Å². The lowest BCUT2D eigenvalue weighted by Gasteiger charge is -2.40. The molecule has 0 aliphatic carbocycles. The van der Waals surface area contributed by atoms with E-state index in [0.717, 1.165) is 24.4 Å². The molecular formula is C16H15F4N3O3S. The van der Waals surface area contributed by atoms with E-state index in [9.17, 15) is 26.0 Å². The fourth-order valence-corrected chi connectivity index (χ4v) is 3.84. The minimum absolute atomic E-state index is 0.0839. The second kappa shape index (κ2) is 6.97. The van der Waals surface area contributed by atoms with Crippen LogP contribution in [0.4, 0.5) is 23.4 Å². The van der Waals surface area contributed by atoms with Crippen molar-refractivity contribution in [3.63, 3.8) is 0 Å². The molecule has 0 atom stereocenters. The fraction of sp³-hybridized carbons (Fsp3) is 0.312. The molecule has 11 heteroatoms. The number of rotatable bonds is 5. The lowest BCUT2D eigenvalue weighted by molar-refractivity contribution is -0.137. The molecule has 3 rings (SSSR count). The molecule has 0 saturated carbocycles. The first kappa shape index (κ1) is 19.4. The molecule has 0 bridgehead atoms. The Balaban J connectivity index is 1.66. The molecule has 146 valence electrons. The van der Waals surface area contributed by atoms with Crippen molar-refractivity contribution >= 4 is 15.8 Å². The molecule has 1 aromatic carbocycles. The van der Waals surface area contributed by atoms with E-state index in [1.54, 1.807) is 0 Å². The van der Waals surface area contributed by atoms with Crippen molar-refractivity contribution < 1.29 is 30.7 Å². The van der Waals surface area contributed by atoms with Gasteiger partial charge in [-0.2, -0.15) is 13.2 Å². The number of hydrogen-bond acceptors (Lipinski definition) is 5. The first-order chi connectivity index (χ1) is 12.6. The minimum Gasteiger partial charge on any atom is -0.494 e. The van der Waals surface area contributed by atoms with Crippen LogP contribution in [-0.2, 0) is 16.2 Å². The van der Waals surface area contributed by atoms with Crippen molar-refractivity contribution in [3.05, 3.63) is 47.9 Å². The Bertz CT molecular complexity index is 944. The van der Waals surface area contributed by atoms with Gasteiger partial charge in [-0.3, -0.25) is 0 Å². The standard InChI is InChI=1S/C16H15F4N3O3S/c1-26-14-3-2-12(7-13(14)17)27(24,25)22-11-8-23(9-11)15-6-10(4-5-21-15)16(18,19)20/h2-7,11,22H,8-9H2,1H3. The van der Waals surface area contributed by atoms with Gasteiger partial charge in [0.2, 0.25) is 10.0 Å². The Kier molecular flexibility index (Phi) is 5.00. The summed E-state index contributed by atoms with van der Waals surface area (Å²) in [6.45, 7) is 0.290. The molecule has 2 aromatic rings. The number of pyridine rings is 1. The summed E-state index contributed by atoms with van der Waals surface area (Å²) >= 11 is 0. The normalized spacial score (nSPS) is 15.5. The van der Waals surface area contributed by atoms with Gasteiger partial charge in [-0.15, -0.1) is 0 Å². The summed E-state index contributed by atoms with van der Waals surface area (Å²) in [6, 6.07) is 4.48. The maximum atomic E-state index is 13.7. The van der Waals surface area contributed by atoms with Crippen LogP contribution >= 0.6 is 0 Å². The van der Waals surface area contributed by atoms with Gasteiger partial charge in [0.15, 0.2) is 11.6 Å². The van der Waals surface area contributed by atoms with Crippen LogP contribution in [-0.4, -0.2) is 39.6 Å². The van der Waals surface area contributed by atoms with Crippen LogP contribution < -0.4 is 14.4 Å². The highest BCUT2D eigenvalue weighted by atomic mass is 32.2. The largest absolute Gasteiger partial charge is 0.494 e. The predicted molar refractivity (Wildman–Crippen MR) is 88.5 cm³/mol. The number of anilines is 1. The van der Waals surface area contributed by atoms with E-state index in [4.69, 9.17) is 4.74 Å². The smallest absolute Gasteiger partial charge is 0.416 e. The van der Waals surface area contributed by atoms with Crippen LogP contribution in [0.3, 0.4) is 0 Å². The predicted octanol–water partition coefficient (Wildman–Crippen LogP) is 2.42. The maximum Gasteiger partial charge on any atom is 0.416 e. The fourth-order valence-electron chi connectivity index (χ4n) is 2.61. The van der Waals surface area contributed by atoms with Crippen molar-refractivity contribution in [1.82, 2.24) is 9.71 Å². The summed E-state index contributed by atoms with van der Waals surface area (Å²) in [5.74, 6) is -0.793. The SMILES string of the molecule is COc1ccc(S(=O)(=O)NC2CN(c3cc(C(F)(F)F)ccn3)C2)cc1F. The number of nitrogens with zero attached hydrogens (tertiary/aromatic N) is 2. The Morgan fingerprint density at radius 1 is 1.22 bits per heavy atom. The van der Waals surface area contributed by atoms with Crippen LogP contribution in [0.1, 0.15) is 5.56 Å². The average Bonchev–Trinajstić information content (AvgIpc) is 2.57. The number of benzene rings is 1. The molecule has 0 amide bonds. The second-order valence-corrected chi connectivity index (χ2v) is 7.63. The van der Waals surface area contributed by atoms with E-state index < -0.39 is 33.6 Å². The maximum absolute atomic E-state index is 13.7. The highest BCUT2D eigenvalue weighted by molar-refractivity contribution is 7.89. The molecule has 0 unspecified atom stereocenters. The van der Waals surface area contributed by atoms with Gasteiger partial charge in [0.25, 0.3) is 0 Å². The lowest BCUT2D eigenvalue weighted by Crippen LogP contribution is -2.59. The van der Waals surface area contributed by atoms with Gasteiger partial charge in [-0.25, -0.2) is 22.5 Å². The summed E-state index contributed by atoms with van der Waals surface area (Å²) in [5, 5.41) is 0. The number of alkyl halides is 3. The van der Waals surface area contributed by atoms with Crippen LogP contribution in [0.15, 0.2) is 41.4 Å². The molecule has 0 spiro atoms. The third-order valence-corrected chi connectivity index (χ3v) is 5.55. The van der Waals surface area contributed by atoms with E-state index in [-0.39, 0.29) is 29.6 Å². The van der Waals surface area contributed by atoms with E-state index in [1.165, 1.54) is 24.1 Å². The third-order valence-electron chi connectivity index (χ3n) is 4.03. The van der Waals surface area contributed by atoms with Crippen LogP contribution in [0.2, 0.25) is 0 Å². The number of halogens is 4. The zero-order chi connectivity index (χ0) is 19.8. The van der Waals surface area contributed by atoms with Crippen molar-refractivity contribution in [2.24, 2.45) is 0 Å². The van der Waals surface area contributed by atoms with Crippen molar-refractivity contribution in [3.8, 4) is 5.75 Å². The molecule has 0 radical (unpaired) electrons. The van der Waals surface area contributed by atoms with Crippen LogP contribution in [0.25, 0.3) is 0 Å². The Morgan fingerprint density at radius 3 is 2.52 bits per heavy atom. The van der Waals surface area contributed by atoms with Gasteiger partial charge in [-0.05, 0) is 30.3 Å². The van der Waals surface area contributed by atoms with Gasteiger partial charge >= 0.3 is 6.18 Å². The van der Waals surface area contributed by atoms with Crippen LogP contribution in [0, 0.1) is 5.82 Å². The molecule has 1 aromatic heterocycles. The van der Waals surface area contributed by atoms with Gasteiger partial charge in [-0.1, -0.05) is 0 Å². The van der Waals surface area contributed by atoms with Gasteiger partial charge in [0, 0.05) is 19.3 Å². The topological polar surface area (TPSA) is 71.5 Å². The molecule has 2 heterocycles. The van der Waals surface area contributed by atoms with Gasteiger partial charge in [0.05, 0.1) is 23.6 Å². The molecule has 1 N–H and O–H groups in total. The zero-order valence-corrected chi connectivity index (χ0v) is 14.8. The monoisotopic (exact) mass is 405 g/mol. The molecule has 1 fully saturated rings. The number of ether oxygens (including phenoxy) is 1. The van der Waals surface area contributed by atoms with Crippen LogP contribution in [0.5, 0.6) is 5.75 Å². The molecule has 1 aliphatic heterocycles. The van der Waals surface area contributed by atoms with Crippen molar-refractivity contribution in [1.29, 1.82) is 0 Å². The second-order valence-electron chi connectivity index (χ2n) is 5.92. The van der Waals surface area contributed by atoms with Crippen molar-refractivity contribution in [2.75, 3.05) is 25.1 Å². The minimum atomic E-state index is -4.48. The average molecular weight is 405 g/mol. The van der Waals surface area contributed by atoms with Gasteiger partial charge < -0.3 is 9.64 Å². The number of nitrogens with one attached hydrogen (secondary N) is 1. The summed E-state index contributed by atoms with van der Waals surface area (Å²) in [6.07, 6.45) is -3.43. The Hall–Kier alpha value is -2.40. The first-order valence-corrected chi connectivity index (χ1v) is 9.22. The molecule has 6 nitrogen and oxygen atoms in total. The summed E-state index contributed by atoms with van der Waals surface area (Å²) < 4.78 is 83.7. The summed E-state index contributed by atoms with van der Waals surface area (Å²) in [4.78, 5) is 5.12. The van der Waals surface area contributed by atoms with E-state index >= 15 is 0 Å². The molecule has 1 aliphatic rings. The molecule has 1 saturated heterocycles. The Morgan fingerprint density at radius 2 is 1.93 bits per heavy atom. The lowest BCUT2D eigenvalue weighted by atomic mass is 10.1. The number of aromatic nitrogens is 1. The number of methoxy groups -OCH3 is 1. The zero-order valence-electron chi connectivity index (χ0n) is 14.0. The Labute approximate surface area is 152 Å². The van der Waals surface area contributed by atoms with E-state index in [1.807, 2.05) is 0 Å².